The summed E-state index contributed by atoms with van der Waals surface area (Å²) in [6.45, 7) is 3.29. The standard InChI is InChI=1S/C7H15N3/c1-3-4-5-10-7-6-9(2)8-10/h6-8H,3-5H2,1-2H3. The second-order valence-corrected chi connectivity index (χ2v) is 2.56. The maximum Gasteiger partial charge on any atom is 0.0356 e. The number of hydrogen-bond donors (Lipinski definition) is 1. The Labute approximate surface area is 62.2 Å². The van der Waals surface area contributed by atoms with Crippen LogP contribution in [0.25, 0.3) is 0 Å². The highest BCUT2D eigenvalue weighted by atomic mass is 15.8. The SMILES string of the molecule is CCCCN1C=CN(C)N1. The van der Waals surface area contributed by atoms with Crippen molar-refractivity contribution in [2.75, 3.05) is 13.6 Å². The molecular weight excluding hydrogens is 126 g/mol. The minimum atomic E-state index is 1.09. The predicted octanol–water partition coefficient (Wildman–Crippen LogP) is 0.925. The average molecular weight is 141 g/mol. The molecule has 0 aromatic rings. The monoisotopic (exact) mass is 141 g/mol. The van der Waals surface area contributed by atoms with Crippen molar-refractivity contribution < 1.29 is 0 Å². The molecule has 0 fully saturated rings. The van der Waals surface area contributed by atoms with Gasteiger partial charge in [0.15, 0.2) is 0 Å². The zero-order valence-electron chi connectivity index (χ0n) is 6.67. The number of nitrogens with one attached hydrogen (secondary N) is 1. The van der Waals surface area contributed by atoms with Crippen LogP contribution >= 0.6 is 0 Å². The number of unbranched alkanes of at least 4 members (excludes halogenated alkanes) is 1. The van der Waals surface area contributed by atoms with Gasteiger partial charge in [0.05, 0.1) is 0 Å². The van der Waals surface area contributed by atoms with E-state index in [2.05, 4.69) is 23.7 Å². The lowest BCUT2D eigenvalue weighted by atomic mass is 10.3. The van der Waals surface area contributed by atoms with Crippen LogP contribution in [0.5, 0.6) is 0 Å². The van der Waals surface area contributed by atoms with Crippen LogP contribution in [0.15, 0.2) is 12.4 Å². The number of nitrogens with zero attached hydrogens (tertiary/aromatic N) is 2. The van der Waals surface area contributed by atoms with Gasteiger partial charge in [0.25, 0.3) is 0 Å². The van der Waals surface area contributed by atoms with E-state index in [1.54, 1.807) is 0 Å². The molecule has 1 N–H and O–H groups in total. The molecule has 0 saturated heterocycles. The third-order valence-electron chi connectivity index (χ3n) is 1.51. The minimum Gasteiger partial charge on any atom is -0.300 e. The van der Waals surface area contributed by atoms with Gasteiger partial charge in [-0.3, -0.25) is 10.0 Å². The second kappa shape index (κ2) is 3.46. The van der Waals surface area contributed by atoms with Gasteiger partial charge in [-0.2, -0.15) is 0 Å². The fourth-order valence-corrected chi connectivity index (χ4v) is 0.903. The Hall–Kier alpha value is -0.700. The molecule has 0 atom stereocenters. The summed E-state index contributed by atoms with van der Waals surface area (Å²) in [5, 5.41) is 4.03. The molecule has 0 radical (unpaired) electrons. The Morgan fingerprint density at radius 3 is 2.70 bits per heavy atom. The van der Waals surface area contributed by atoms with Crippen LogP contribution in [-0.2, 0) is 0 Å². The zero-order chi connectivity index (χ0) is 7.40. The minimum absolute atomic E-state index is 1.09. The summed E-state index contributed by atoms with van der Waals surface area (Å²) in [5.41, 5.74) is 3.14. The van der Waals surface area contributed by atoms with Crippen LogP contribution < -0.4 is 5.53 Å². The van der Waals surface area contributed by atoms with Gasteiger partial charge in [-0.1, -0.05) is 13.3 Å². The van der Waals surface area contributed by atoms with Crippen LogP contribution in [0, 0.1) is 0 Å². The van der Waals surface area contributed by atoms with Gasteiger partial charge < -0.3 is 0 Å². The summed E-state index contributed by atoms with van der Waals surface area (Å²) in [6.07, 6.45) is 6.55. The third-order valence-corrected chi connectivity index (χ3v) is 1.51. The van der Waals surface area contributed by atoms with Crippen LogP contribution in [0.4, 0.5) is 0 Å². The molecule has 0 spiro atoms. The quantitative estimate of drug-likeness (QED) is 0.630. The fourth-order valence-electron chi connectivity index (χ4n) is 0.903. The lowest BCUT2D eigenvalue weighted by Gasteiger charge is -2.18. The zero-order valence-corrected chi connectivity index (χ0v) is 6.67. The van der Waals surface area contributed by atoms with E-state index in [1.807, 2.05) is 18.3 Å². The van der Waals surface area contributed by atoms with Crippen molar-refractivity contribution in [3.8, 4) is 0 Å². The van der Waals surface area contributed by atoms with Crippen molar-refractivity contribution in [3.63, 3.8) is 0 Å². The molecule has 1 rings (SSSR count). The second-order valence-electron chi connectivity index (χ2n) is 2.56. The van der Waals surface area contributed by atoms with E-state index in [0.29, 0.717) is 0 Å². The first-order valence-electron chi connectivity index (χ1n) is 3.77. The first kappa shape index (κ1) is 7.41. The first-order chi connectivity index (χ1) is 4.83. The molecule has 58 valence electrons. The topological polar surface area (TPSA) is 18.5 Å². The van der Waals surface area contributed by atoms with Crippen molar-refractivity contribution in [1.82, 2.24) is 15.6 Å². The highest BCUT2D eigenvalue weighted by Gasteiger charge is 2.04. The molecule has 1 aliphatic rings. The summed E-state index contributed by atoms with van der Waals surface area (Å²) >= 11 is 0. The molecule has 0 aliphatic carbocycles. The Bertz CT molecular complexity index is 122. The summed E-state index contributed by atoms with van der Waals surface area (Å²) in [5.74, 6) is 0. The Kier molecular flexibility index (Phi) is 2.57. The predicted molar refractivity (Wildman–Crippen MR) is 41.7 cm³/mol. The summed E-state index contributed by atoms with van der Waals surface area (Å²) in [6, 6.07) is 0. The molecule has 0 unspecified atom stereocenters. The normalized spacial score (nSPS) is 17.0. The summed E-state index contributed by atoms with van der Waals surface area (Å²) in [7, 11) is 1.99. The molecule has 0 bridgehead atoms. The Balaban J connectivity index is 2.14. The van der Waals surface area contributed by atoms with Gasteiger partial charge in [-0.25, -0.2) is 0 Å². The van der Waals surface area contributed by atoms with Crippen molar-refractivity contribution in [3.05, 3.63) is 12.4 Å². The molecule has 0 saturated carbocycles. The number of hydrogen-bond acceptors (Lipinski definition) is 3. The van der Waals surface area contributed by atoms with Crippen molar-refractivity contribution in [1.29, 1.82) is 0 Å². The summed E-state index contributed by atoms with van der Waals surface area (Å²) in [4.78, 5) is 0. The first-order valence-corrected chi connectivity index (χ1v) is 3.77. The van der Waals surface area contributed by atoms with Gasteiger partial charge in [-0.15, -0.1) is 5.53 Å². The molecule has 0 amide bonds. The van der Waals surface area contributed by atoms with E-state index >= 15 is 0 Å². The lowest BCUT2D eigenvalue weighted by Crippen LogP contribution is -2.37. The van der Waals surface area contributed by atoms with E-state index in [0.717, 1.165) is 6.54 Å². The summed E-state index contributed by atoms with van der Waals surface area (Å²) < 4.78 is 0. The fraction of sp³-hybridized carbons (Fsp3) is 0.714. The molecule has 3 nitrogen and oxygen atoms in total. The number of hydrazine groups is 2. The van der Waals surface area contributed by atoms with Gasteiger partial charge in [0.2, 0.25) is 0 Å². The number of rotatable bonds is 3. The van der Waals surface area contributed by atoms with Gasteiger partial charge in [0.1, 0.15) is 0 Å². The van der Waals surface area contributed by atoms with Crippen LogP contribution in [-0.4, -0.2) is 23.6 Å². The van der Waals surface area contributed by atoms with Crippen molar-refractivity contribution in [2.45, 2.75) is 19.8 Å². The maximum absolute atomic E-state index is 3.14. The van der Waals surface area contributed by atoms with Gasteiger partial charge in [0, 0.05) is 26.0 Å². The Morgan fingerprint density at radius 2 is 2.20 bits per heavy atom. The van der Waals surface area contributed by atoms with E-state index < -0.39 is 0 Å². The van der Waals surface area contributed by atoms with Crippen molar-refractivity contribution >= 4 is 0 Å². The molecule has 3 heteroatoms. The highest BCUT2D eigenvalue weighted by Crippen LogP contribution is 1.98. The Morgan fingerprint density at radius 1 is 1.40 bits per heavy atom. The largest absolute Gasteiger partial charge is 0.300 e. The molecule has 10 heavy (non-hydrogen) atoms. The molecular formula is C7H15N3. The average Bonchev–Trinajstić information content (AvgIpc) is 2.31. The third kappa shape index (κ3) is 1.92. The van der Waals surface area contributed by atoms with Gasteiger partial charge >= 0.3 is 0 Å². The van der Waals surface area contributed by atoms with Crippen LogP contribution in [0.1, 0.15) is 19.8 Å². The molecule has 1 aliphatic heterocycles. The maximum atomic E-state index is 3.14. The van der Waals surface area contributed by atoms with Crippen LogP contribution in [0.2, 0.25) is 0 Å². The van der Waals surface area contributed by atoms with E-state index in [4.69, 9.17) is 0 Å². The van der Waals surface area contributed by atoms with E-state index in [1.165, 1.54) is 12.8 Å². The van der Waals surface area contributed by atoms with E-state index in [9.17, 15) is 0 Å². The van der Waals surface area contributed by atoms with E-state index in [-0.39, 0.29) is 0 Å². The lowest BCUT2D eigenvalue weighted by molar-refractivity contribution is 0.160. The smallest absolute Gasteiger partial charge is 0.0356 e. The molecule has 0 aromatic carbocycles. The molecule has 0 aromatic heterocycles. The van der Waals surface area contributed by atoms with Crippen molar-refractivity contribution in [2.24, 2.45) is 0 Å². The molecule has 1 heterocycles. The highest BCUT2D eigenvalue weighted by molar-refractivity contribution is 4.83. The van der Waals surface area contributed by atoms with Gasteiger partial charge in [-0.05, 0) is 6.42 Å². The van der Waals surface area contributed by atoms with Crippen LogP contribution in [0.3, 0.4) is 0 Å².